The average molecular weight is 812 g/mol. The van der Waals surface area contributed by atoms with Crippen LogP contribution in [0.5, 0.6) is 17.2 Å². The fourth-order valence-electron chi connectivity index (χ4n) is 5.05. The highest BCUT2D eigenvalue weighted by Crippen LogP contribution is 2.38. The van der Waals surface area contributed by atoms with Crippen molar-refractivity contribution in [3.05, 3.63) is 113 Å². The Labute approximate surface area is 294 Å². The minimum Gasteiger partial charge on any atom is -0.494 e. The zero-order valence-corrected chi connectivity index (χ0v) is 31.0. The Morgan fingerprint density at radius 1 is 0.891 bits per heavy atom. The maximum absolute atomic E-state index is 13.9. The molecule has 0 aliphatic rings. The quantitative estimate of drug-likeness (QED) is 0.124. The molecule has 0 aliphatic carbocycles. The molecule has 0 radical (unpaired) electrons. The van der Waals surface area contributed by atoms with Gasteiger partial charge in [0.1, 0.15) is 12.4 Å². The molecular formula is C36H34Br3N3O4. The van der Waals surface area contributed by atoms with Crippen molar-refractivity contribution in [1.29, 1.82) is 0 Å². The number of nitrogens with zero attached hydrogens (tertiary/aromatic N) is 3. The Balaban J connectivity index is 1.59. The zero-order valence-electron chi connectivity index (χ0n) is 26.2. The molecule has 1 aromatic heterocycles. The van der Waals surface area contributed by atoms with Gasteiger partial charge in [0.2, 0.25) is 0 Å². The molecule has 4 aromatic carbocycles. The highest BCUT2D eigenvalue weighted by atomic mass is 79.9. The van der Waals surface area contributed by atoms with Crippen LogP contribution < -0.4 is 19.8 Å². The molecule has 0 spiro atoms. The van der Waals surface area contributed by atoms with Crippen molar-refractivity contribution < 1.29 is 14.2 Å². The Morgan fingerprint density at radius 2 is 1.63 bits per heavy atom. The number of fused-ring (bicyclic) bond motifs is 1. The summed E-state index contributed by atoms with van der Waals surface area (Å²) >= 11 is 10.8. The fourth-order valence-corrected chi connectivity index (χ4v) is 6.79. The van der Waals surface area contributed by atoms with Crippen molar-refractivity contribution in [1.82, 2.24) is 9.66 Å². The first-order valence-electron chi connectivity index (χ1n) is 15.0. The minimum atomic E-state index is -0.264. The van der Waals surface area contributed by atoms with E-state index < -0.39 is 0 Å². The summed E-state index contributed by atoms with van der Waals surface area (Å²) in [5.41, 5.74) is 4.82. The standard InChI is InChI=1S/C36H34Br3N3O4/c1-6-44-32-14-22(5)28(18-27(32)21(3)4)35-41-31-11-9-8-10-26(31)36(43)42(35)40-19-23-15-30(39)34(33(16-23)45-7-2)46-20-24-12-13-25(37)17-29(24)38/h8-19,21H,6-7,20H2,1-5H3. The fraction of sp³-hybridized carbons (Fsp3) is 0.250. The van der Waals surface area contributed by atoms with E-state index in [9.17, 15) is 4.79 Å². The van der Waals surface area contributed by atoms with Crippen LogP contribution >= 0.6 is 47.8 Å². The summed E-state index contributed by atoms with van der Waals surface area (Å²) in [6, 6.07) is 21.1. The van der Waals surface area contributed by atoms with Gasteiger partial charge in [-0.3, -0.25) is 4.79 Å². The minimum absolute atomic E-state index is 0.199. The summed E-state index contributed by atoms with van der Waals surface area (Å²) < 4.78 is 22.1. The zero-order chi connectivity index (χ0) is 33.0. The third-order valence-electron chi connectivity index (χ3n) is 7.31. The first-order chi connectivity index (χ1) is 22.1. The van der Waals surface area contributed by atoms with Gasteiger partial charge in [-0.2, -0.15) is 9.78 Å². The number of rotatable bonds is 11. The van der Waals surface area contributed by atoms with Gasteiger partial charge in [-0.05, 0) is 108 Å². The van der Waals surface area contributed by atoms with Gasteiger partial charge >= 0.3 is 0 Å². The lowest BCUT2D eigenvalue weighted by atomic mass is 9.96. The Morgan fingerprint density at radius 3 is 2.35 bits per heavy atom. The normalized spacial score (nSPS) is 11.5. The van der Waals surface area contributed by atoms with Gasteiger partial charge in [0.15, 0.2) is 17.3 Å². The van der Waals surface area contributed by atoms with Crippen LogP contribution in [0.15, 0.2) is 90.0 Å². The smallest absolute Gasteiger partial charge is 0.282 e. The van der Waals surface area contributed by atoms with Gasteiger partial charge in [0, 0.05) is 20.1 Å². The van der Waals surface area contributed by atoms with Gasteiger partial charge in [-0.15, -0.1) is 0 Å². The lowest BCUT2D eigenvalue weighted by Gasteiger charge is -2.18. The molecule has 0 saturated heterocycles. The molecule has 7 nitrogen and oxygen atoms in total. The van der Waals surface area contributed by atoms with E-state index in [2.05, 4.69) is 67.7 Å². The molecule has 0 amide bonds. The molecule has 0 bridgehead atoms. The average Bonchev–Trinajstić information content (AvgIpc) is 3.01. The highest BCUT2D eigenvalue weighted by molar-refractivity contribution is 9.11. The van der Waals surface area contributed by atoms with Crippen molar-refractivity contribution in [2.75, 3.05) is 13.2 Å². The van der Waals surface area contributed by atoms with Gasteiger partial charge in [-0.25, -0.2) is 4.98 Å². The summed E-state index contributed by atoms with van der Waals surface area (Å²) in [5.74, 6) is 2.61. The van der Waals surface area contributed by atoms with Crippen molar-refractivity contribution in [3.63, 3.8) is 0 Å². The molecule has 0 aliphatic heterocycles. The van der Waals surface area contributed by atoms with Crippen molar-refractivity contribution in [2.24, 2.45) is 5.10 Å². The van der Waals surface area contributed by atoms with Crippen molar-refractivity contribution in [3.8, 4) is 28.6 Å². The second kappa shape index (κ2) is 15.0. The molecule has 0 N–H and O–H groups in total. The lowest BCUT2D eigenvalue weighted by molar-refractivity contribution is 0.267. The Bertz CT molecular complexity index is 1990. The molecule has 5 aromatic rings. The second-order valence-electron chi connectivity index (χ2n) is 10.9. The molecule has 238 valence electrons. The third kappa shape index (κ3) is 7.40. The van der Waals surface area contributed by atoms with Crippen LogP contribution in [0, 0.1) is 6.92 Å². The number of para-hydroxylation sites is 1. The van der Waals surface area contributed by atoms with E-state index in [0.29, 0.717) is 58.1 Å². The number of ether oxygens (including phenoxy) is 3. The monoisotopic (exact) mass is 809 g/mol. The van der Waals surface area contributed by atoms with Crippen LogP contribution in [-0.2, 0) is 6.61 Å². The topological polar surface area (TPSA) is 74.9 Å². The Kier molecular flexibility index (Phi) is 11.0. The predicted octanol–water partition coefficient (Wildman–Crippen LogP) is 10.0. The molecule has 1 heterocycles. The number of halogens is 3. The molecule has 5 rings (SSSR count). The largest absolute Gasteiger partial charge is 0.494 e. The Hall–Kier alpha value is -3.47. The van der Waals surface area contributed by atoms with E-state index in [0.717, 1.165) is 36.9 Å². The van der Waals surface area contributed by atoms with Gasteiger partial charge in [-0.1, -0.05) is 63.9 Å². The molecular weight excluding hydrogens is 778 g/mol. The van der Waals surface area contributed by atoms with Crippen molar-refractivity contribution >= 4 is 64.9 Å². The van der Waals surface area contributed by atoms with Gasteiger partial charge in [0.05, 0.1) is 34.8 Å². The van der Waals surface area contributed by atoms with Gasteiger partial charge < -0.3 is 14.2 Å². The predicted molar refractivity (Wildman–Crippen MR) is 196 cm³/mol. The summed E-state index contributed by atoms with van der Waals surface area (Å²) in [6.45, 7) is 11.5. The highest BCUT2D eigenvalue weighted by Gasteiger charge is 2.19. The second-order valence-corrected chi connectivity index (χ2v) is 13.5. The van der Waals surface area contributed by atoms with Crippen LogP contribution in [-0.4, -0.2) is 29.1 Å². The van der Waals surface area contributed by atoms with Crippen LogP contribution in [0.3, 0.4) is 0 Å². The van der Waals surface area contributed by atoms with Crippen LogP contribution in [0.25, 0.3) is 22.3 Å². The maximum atomic E-state index is 13.9. The maximum Gasteiger partial charge on any atom is 0.282 e. The van der Waals surface area contributed by atoms with Crippen LogP contribution in [0.4, 0.5) is 0 Å². The van der Waals surface area contributed by atoms with Crippen molar-refractivity contribution in [2.45, 2.75) is 47.1 Å². The van der Waals surface area contributed by atoms with E-state index in [4.69, 9.17) is 24.3 Å². The summed E-state index contributed by atoms with van der Waals surface area (Å²) in [5, 5.41) is 5.20. The number of benzene rings is 4. The lowest BCUT2D eigenvalue weighted by Crippen LogP contribution is -2.21. The molecule has 0 fully saturated rings. The molecule has 10 heteroatoms. The number of hydrogen-bond donors (Lipinski definition) is 0. The molecule has 0 saturated carbocycles. The SMILES string of the molecule is CCOc1cc(C)c(-c2nc3ccccc3c(=O)n2N=Cc2cc(Br)c(OCc3ccc(Br)cc3Br)c(OCC)c2)cc1C(C)C. The van der Waals surface area contributed by atoms with Crippen LogP contribution in [0.1, 0.15) is 55.9 Å². The van der Waals surface area contributed by atoms with E-state index in [1.54, 1.807) is 12.3 Å². The van der Waals surface area contributed by atoms with E-state index in [1.165, 1.54) is 4.68 Å². The van der Waals surface area contributed by atoms with Crippen LogP contribution in [0.2, 0.25) is 0 Å². The van der Waals surface area contributed by atoms with E-state index in [-0.39, 0.29) is 11.5 Å². The summed E-state index contributed by atoms with van der Waals surface area (Å²) in [6.07, 6.45) is 1.64. The first-order valence-corrected chi connectivity index (χ1v) is 17.4. The first kappa shape index (κ1) is 33.9. The number of aromatic nitrogens is 2. The summed E-state index contributed by atoms with van der Waals surface area (Å²) in [7, 11) is 0. The van der Waals surface area contributed by atoms with Gasteiger partial charge in [0.25, 0.3) is 5.56 Å². The molecule has 46 heavy (non-hydrogen) atoms. The molecule has 0 unspecified atom stereocenters. The molecule has 0 atom stereocenters. The third-order valence-corrected chi connectivity index (χ3v) is 9.13. The number of aryl methyl sites for hydroxylation is 1. The number of hydrogen-bond acceptors (Lipinski definition) is 6. The summed E-state index contributed by atoms with van der Waals surface area (Å²) in [4.78, 5) is 18.9. The van der Waals surface area contributed by atoms with E-state index >= 15 is 0 Å². The van der Waals surface area contributed by atoms with E-state index in [1.807, 2.05) is 75.4 Å².